The zero-order chi connectivity index (χ0) is 13.2. The molecule has 0 unspecified atom stereocenters. The van der Waals surface area contributed by atoms with Gasteiger partial charge >= 0.3 is 0 Å². The summed E-state index contributed by atoms with van der Waals surface area (Å²) in [5.74, 6) is -0.0257. The summed E-state index contributed by atoms with van der Waals surface area (Å²) < 4.78 is 1.20. The van der Waals surface area contributed by atoms with Crippen molar-refractivity contribution in [3.05, 3.63) is 32.4 Å². The number of rotatable bonds is 4. The summed E-state index contributed by atoms with van der Waals surface area (Å²) in [6.45, 7) is 0.746. The lowest BCUT2D eigenvalue weighted by molar-refractivity contribution is 0.0943. The fourth-order valence-electron chi connectivity index (χ4n) is 2.03. The van der Waals surface area contributed by atoms with Crippen LogP contribution in [0, 0.1) is 3.57 Å². The minimum atomic E-state index is -0.0257. The van der Waals surface area contributed by atoms with Crippen molar-refractivity contribution in [2.75, 3.05) is 12.8 Å². The number of carbonyl (C=O) groups is 1. The Bertz CT molecular complexity index is 457. The lowest BCUT2D eigenvalue weighted by Gasteiger charge is -2.40. The molecule has 1 aromatic carbocycles. The topological polar surface area (TPSA) is 29.1 Å². The molecule has 1 fully saturated rings. The zero-order valence-corrected chi connectivity index (χ0v) is 13.9. The van der Waals surface area contributed by atoms with Crippen molar-refractivity contribution in [2.45, 2.75) is 24.0 Å². The van der Waals surface area contributed by atoms with Gasteiger partial charge in [0, 0.05) is 19.9 Å². The third kappa shape index (κ3) is 3.14. The van der Waals surface area contributed by atoms with Crippen LogP contribution in [0.4, 0.5) is 0 Å². The molecule has 5 heteroatoms. The molecule has 0 radical (unpaired) electrons. The van der Waals surface area contributed by atoms with Crippen LogP contribution in [0.25, 0.3) is 0 Å². The maximum atomic E-state index is 12.1. The molecule has 98 valence electrons. The average Bonchev–Trinajstić information content (AvgIpc) is 2.31. The first-order valence-electron chi connectivity index (χ1n) is 5.85. The second-order valence-corrected chi connectivity index (χ2v) is 7.42. The van der Waals surface area contributed by atoms with Crippen LogP contribution in [0.1, 0.15) is 29.6 Å². The summed E-state index contributed by atoms with van der Waals surface area (Å²) in [4.78, 5) is 12.1. The monoisotopic (exact) mass is 395 g/mol. The number of carbonyl (C=O) groups excluding carboxylic acids is 1. The van der Waals surface area contributed by atoms with Crippen LogP contribution in [0.15, 0.2) is 18.2 Å². The van der Waals surface area contributed by atoms with E-state index in [0.717, 1.165) is 10.1 Å². The normalized spacial score (nSPS) is 17.1. The Labute approximate surface area is 130 Å². The largest absolute Gasteiger partial charge is 0.351 e. The van der Waals surface area contributed by atoms with E-state index in [2.05, 4.69) is 34.2 Å². The first kappa shape index (κ1) is 14.5. The van der Waals surface area contributed by atoms with E-state index in [0.29, 0.717) is 10.6 Å². The van der Waals surface area contributed by atoms with Gasteiger partial charge in [-0.05, 0) is 59.9 Å². The fraction of sp³-hybridized carbons (Fsp3) is 0.462. The minimum absolute atomic E-state index is 0.0257. The Morgan fingerprint density at radius 3 is 2.83 bits per heavy atom. The highest BCUT2D eigenvalue weighted by molar-refractivity contribution is 14.1. The van der Waals surface area contributed by atoms with Crippen LogP contribution in [0.2, 0.25) is 5.02 Å². The van der Waals surface area contributed by atoms with E-state index < -0.39 is 0 Å². The molecule has 2 nitrogen and oxygen atoms in total. The molecular formula is C13H15ClINOS. The summed E-state index contributed by atoms with van der Waals surface area (Å²) in [6.07, 6.45) is 5.78. The Morgan fingerprint density at radius 1 is 1.56 bits per heavy atom. The van der Waals surface area contributed by atoms with Crippen molar-refractivity contribution in [1.29, 1.82) is 0 Å². The summed E-state index contributed by atoms with van der Waals surface area (Å²) in [5, 5.41) is 3.64. The van der Waals surface area contributed by atoms with E-state index in [1.165, 1.54) is 19.3 Å². The molecule has 1 aliphatic carbocycles. The maximum Gasteiger partial charge on any atom is 0.252 e. The molecular weight excluding hydrogens is 381 g/mol. The van der Waals surface area contributed by atoms with Gasteiger partial charge < -0.3 is 5.32 Å². The summed E-state index contributed by atoms with van der Waals surface area (Å²) >= 11 is 9.95. The van der Waals surface area contributed by atoms with Crippen LogP contribution in [-0.2, 0) is 0 Å². The van der Waals surface area contributed by atoms with Crippen LogP contribution >= 0.6 is 46.0 Å². The fourth-order valence-corrected chi connectivity index (χ4v) is 3.70. The molecule has 0 saturated heterocycles. The van der Waals surface area contributed by atoms with Crippen LogP contribution in [-0.4, -0.2) is 23.5 Å². The number of nitrogens with one attached hydrogen (secondary N) is 1. The van der Waals surface area contributed by atoms with E-state index >= 15 is 0 Å². The first-order chi connectivity index (χ1) is 8.56. The van der Waals surface area contributed by atoms with Gasteiger partial charge in [-0.25, -0.2) is 0 Å². The van der Waals surface area contributed by atoms with Gasteiger partial charge in [-0.3, -0.25) is 4.79 Å². The Morgan fingerprint density at radius 2 is 2.28 bits per heavy atom. The second-order valence-electron chi connectivity index (χ2n) is 4.55. The van der Waals surface area contributed by atoms with Gasteiger partial charge in [-0.1, -0.05) is 18.0 Å². The number of hydrogen-bond acceptors (Lipinski definition) is 2. The molecule has 0 bridgehead atoms. The van der Waals surface area contributed by atoms with Gasteiger partial charge in [0.15, 0.2) is 0 Å². The number of amides is 1. The Hall–Kier alpha value is 0.0600. The minimum Gasteiger partial charge on any atom is -0.351 e. The quantitative estimate of drug-likeness (QED) is 0.782. The molecule has 0 spiro atoms. The van der Waals surface area contributed by atoms with Crippen molar-refractivity contribution in [3.63, 3.8) is 0 Å². The third-order valence-electron chi connectivity index (χ3n) is 3.44. The average molecular weight is 396 g/mol. The molecule has 0 heterocycles. The lowest BCUT2D eigenvalue weighted by Crippen LogP contribution is -2.45. The molecule has 18 heavy (non-hydrogen) atoms. The van der Waals surface area contributed by atoms with Gasteiger partial charge in [0.25, 0.3) is 5.91 Å². The van der Waals surface area contributed by atoms with Gasteiger partial charge in [0.1, 0.15) is 0 Å². The van der Waals surface area contributed by atoms with E-state index in [9.17, 15) is 4.79 Å². The SMILES string of the molecule is CSC1(CNC(=O)c2cc(Cl)ccc2I)CCC1. The van der Waals surface area contributed by atoms with Gasteiger partial charge in [0.2, 0.25) is 0 Å². The maximum absolute atomic E-state index is 12.1. The summed E-state index contributed by atoms with van der Waals surface area (Å²) in [6, 6.07) is 5.39. The van der Waals surface area contributed by atoms with Crippen LogP contribution in [0.3, 0.4) is 0 Å². The molecule has 1 saturated carbocycles. The molecule has 0 aliphatic heterocycles. The summed E-state index contributed by atoms with van der Waals surface area (Å²) in [7, 11) is 0. The summed E-state index contributed by atoms with van der Waals surface area (Å²) in [5.41, 5.74) is 0.665. The smallest absolute Gasteiger partial charge is 0.252 e. The van der Waals surface area contributed by atoms with Crippen LogP contribution in [0.5, 0.6) is 0 Å². The van der Waals surface area contributed by atoms with Crippen LogP contribution < -0.4 is 5.32 Å². The molecule has 1 amide bonds. The van der Waals surface area contributed by atoms with E-state index in [4.69, 9.17) is 11.6 Å². The molecule has 0 aromatic heterocycles. The van der Waals surface area contributed by atoms with Gasteiger partial charge in [-0.2, -0.15) is 11.8 Å². The van der Waals surface area contributed by atoms with Crippen molar-refractivity contribution in [2.24, 2.45) is 0 Å². The molecule has 2 rings (SSSR count). The molecule has 1 aliphatic rings. The van der Waals surface area contributed by atoms with Gasteiger partial charge in [-0.15, -0.1) is 0 Å². The predicted molar refractivity (Wildman–Crippen MR) is 86.6 cm³/mol. The highest BCUT2D eigenvalue weighted by atomic mass is 127. The van der Waals surface area contributed by atoms with E-state index in [1.807, 2.05) is 17.8 Å². The second kappa shape index (κ2) is 6.01. The van der Waals surface area contributed by atoms with Crippen molar-refractivity contribution in [3.8, 4) is 0 Å². The zero-order valence-electron chi connectivity index (χ0n) is 10.1. The molecule has 0 atom stereocenters. The number of hydrogen-bond donors (Lipinski definition) is 1. The third-order valence-corrected chi connectivity index (χ3v) is 6.04. The van der Waals surface area contributed by atoms with E-state index in [1.54, 1.807) is 12.1 Å². The van der Waals surface area contributed by atoms with Crippen molar-refractivity contribution in [1.82, 2.24) is 5.32 Å². The van der Waals surface area contributed by atoms with Crippen molar-refractivity contribution >= 4 is 51.9 Å². The van der Waals surface area contributed by atoms with E-state index in [-0.39, 0.29) is 10.7 Å². The highest BCUT2D eigenvalue weighted by Crippen LogP contribution is 2.42. The highest BCUT2D eigenvalue weighted by Gasteiger charge is 2.36. The molecule has 1 aromatic rings. The van der Waals surface area contributed by atoms with Gasteiger partial charge in [0.05, 0.1) is 5.56 Å². The molecule has 1 N–H and O–H groups in total. The Balaban J connectivity index is 2.01. The number of benzene rings is 1. The number of halogens is 2. The van der Waals surface area contributed by atoms with Crippen molar-refractivity contribution < 1.29 is 4.79 Å². The Kier molecular flexibility index (Phi) is 4.83. The number of thioether (sulfide) groups is 1. The first-order valence-corrected chi connectivity index (χ1v) is 8.53. The standard InChI is InChI=1S/C13H15ClINOS/c1-18-13(5-2-6-13)8-16-12(17)10-7-9(14)3-4-11(10)15/h3-4,7H,2,5-6,8H2,1H3,(H,16,17). The predicted octanol–water partition coefficient (Wildman–Crippen LogP) is 3.96. The lowest BCUT2D eigenvalue weighted by atomic mass is 9.84.